The number of aliphatic hydroxyl groups excluding tert-OH is 1. The van der Waals surface area contributed by atoms with Gasteiger partial charge in [0, 0.05) is 16.7 Å². The fourth-order valence-corrected chi connectivity index (χ4v) is 4.62. The summed E-state index contributed by atoms with van der Waals surface area (Å²) in [6.45, 7) is 3.88. The van der Waals surface area contributed by atoms with Crippen LogP contribution in [0.4, 0.5) is 0 Å². The second kappa shape index (κ2) is 12.5. The molecule has 8 heteroatoms. The van der Waals surface area contributed by atoms with Gasteiger partial charge in [0.2, 0.25) is 0 Å². The van der Waals surface area contributed by atoms with Crippen LogP contribution in [0.3, 0.4) is 0 Å². The van der Waals surface area contributed by atoms with E-state index in [0.29, 0.717) is 35.7 Å². The molecule has 1 fully saturated rings. The number of morpholine rings is 1. The minimum Gasteiger partial charge on any atom is -0.464 e. The number of rotatable bonds is 10. The minimum absolute atomic E-state index is 0.0599. The molecule has 4 atom stereocenters. The van der Waals surface area contributed by atoms with E-state index >= 15 is 0 Å². The van der Waals surface area contributed by atoms with E-state index in [2.05, 4.69) is 0 Å². The highest BCUT2D eigenvalue weighted by atomic mass is 35.5. The number of carbonyl (C=O) groups is 2. The number of halogens is 2. The van der Waals surface area contributed by atoms with Gasteiger partial charge in [-0.3, -0.25) is 4.79 Å². The lowest BCUT2D eigenvalue weighted by Crippen LogP contribution is -2.57. The van der Waals surface area contributed by atoms with E-state index in [0.717, 1.165) is 11.1 Å². The molecule has 34 heavy (non-hydrogen) atoms. The largest absolute Gasteiger partial charge is 0.464 e. The Morgan fingerprint density at radius 3 is 2.18 bits per heavy atom. The SMILES string of the molecule is CCC[C@H](C(=O)OCC)N1C(=O)[C@H](CCCO)O[C@@H](c2ccc(Cl)cc2)[C@H]1c1ccc(Cl)cc1. The maximum Gasteiger partial charge on any atom is 0.328 e. The summed E-state index contributed by atoms with van der Waals surface area (Å²) in [7, 11) is 0. The maximum atomic E-state index is 13.8. The monoisotopic (exact) mass is 507 g/mol. The summed E-state index contributed by atoms with van der Waals surface area (Å²) in [5.74, 6) is -0.723. The lowest BCUT2D eigenvalue weighted by molar-refractivity contribution is -0.187. The van der Waals surface area contributed by atoms with Crippen LogP contribution < -0.4 is 0 Å². The summed E-state index contributed by atoms with van der Waals surface area (Å²) in [6.07, 6.45) is 0.522. The van der Waals surface area contributed by atoms with E-state index in [1.807, 2.05) is 31.2 Å². The van der Waals surface area contributed by atoms with Crippen molar-refractivity contribution < 1.29 is 24.2 Å². The Morgan fingerprint density at radius 2 is 1.65 bits per heavy atom. The normalized spacial score (nSPS) is 21.4. The molecule has 2 aromatic rings. The first-order valence-electron chi connectivity index (χ1n) is 11.7. The zero-order chi connectivity index (χ0) is 24.7. The average molecular weight is 508 g/mol. The first-order valence-corrected chi connectivity index (χ1v) is 12.4. The van der Waals surface area contributed by atoms with E-state index in [1.54, 1.807) is 36.1 Å². The molecule has 2 aromatic carbocycles. The Kier molecular flexibility index (Phi) is 9.77. The number of hydrogen-bond donors (Lipinski definition) is 1. The molecule has 1 amide bonds. The van der Waals surface area contributed by atoms with Crippen molar-refractivity contribution in [2.24, 2.45) is 0 Å². The molecule has 0 bridgehead atoms. The predicted molar refractivity (Wildman–Crippen MR) is 132 cm³/mol. The van der Waals surface area contributed by atoms with Gasteiger partial charge in [-0.1, -0.05) is 60.8 Å². The summed E-state index contributed by atoms with van der Waals surface area (Å²) < 4.78 is 11.8. The molecule has 1 aliphatic rings. The second-order valence-electron chi connectivity index (χ2n) is 8.26. The highest BCUT2D eigenvalue weighted by Crippen LogP contribution is 2.44. The molecule has 1 heterocycles. The smallest absolute Gasteiger partial charge is 0.328 e. The van der Waals surface area contributed by atoms with Crippen molar-refractivity contribution in [3.05, 3.63) is 69.7 Å². The van der Waals surface area contributed by atoms with Crippen molar-refractivity contribution in [2.75, 3.05) is 13.2 Å². The Balaban J connectivity index is 2.16. The number of esters is 1. The molecule has 0 aromatic heterocycles. The van der Waals surface area contributed by atoms with Crippen LogP contribution in [-0.2, 0) is 19.1 Å². The standard InChI is InChI=1S/C26H31Cl2NO5/c1-3-6-21(26(32)33-4-2)29-23(17-8-12-19(27)13-9-17)24(18-10-14-20(28)15-11-18)34-22(25(29)31)7-5-16-30/h8-15,21-24,30H,3-7,16H2,1-2H3/t21-,22+,23-,24+/m1/s1. The summed E-state index contributed by atoms with van der Waals surface area (Å²) in [5.41, 5.74) is 1.62. The van der Waals surface area contributed by atoms with Gasteiger partial charge in [-0.15, -0.1) is 0 Å². The van der Waals surface area contributed by atoms with Crippen LogP contribution >= 0.6 is 23.2 Å². The van der Waals surface area contributed by atoms with E-state index < -0.39 is 30.3 Å². The van der Waals surface area contributed by atoms with Crippen LogP contribution in [0.2, 0.25) is 10.0 Å². The predicted octanol–water partition coefficient (Wildman–Crippen LogP) is 5.51. The molecule has 3 rings (SSSR count). The number of carbonyl (C=O) groups excluding carboxylic acids is 2. The van der Waals surface area contributed by atoms with Crippen molar-refractivity contribution >= 4 is 35.1 Å². The fourth-order valence-electron chi connectivity index (χ4n) is 4.37. The summed E-state index contributed by atoms with van der Waals surface area (Å²) in [5, 5.41) is 10.5. The van der Waals surface area contributed by atoms with Gasteiger partial charge < -0.3 is 19.5 Å². The molecule has 0 spiro atoms. The molecule has 0 saturated carbocycles. The number of amides is 1. The highest BCUT2D eigenvalue weighted by molar-refractivity contribution is 6.30. The van der Waals surface area contributed by atoms with Crippen LogP contribution in [0.15, 0.2) is 48.5 Å². The van der Waals surface area contributed by atoms with Gasteiger partial charge in [-0.05, 0) is 61.6 Å². The van der Waals surface area contributed by atoms with Crippen LogP contribution in [0.5, 0.6) is 0 Å². The Labute approximate surface area is 210 Å². The van der Waals surface area contributed by atoms with Crippen LogP contribution in [0, 0.1) is 0 Å². The molecule has 0 aliphatic carbocycles. The molecule has 0 radical (unpaired) electrons. The molecular weight excluding hydrogens is 477 g/mol. The second-order valence-corrected chi connectivity index (χ2v) is 9.13. The molecule has 0 unspecified atom stereocenters. The topological polar surface area (TPSA) is 76.1 Å². The van der Waals surface area contributed by atoms with E-state index in [-0.39, 0.29) is 19.1 Å². The maximum absolute atomic E-state index is 13.8. The van der Waals surface area contributed by atoms with Crippen LogP contribution in [0.1, 0.15) is 62.8 Å². The van der Waals surface area contributed by atoms with Gasteiger partial charge >= 0.3 is 5.97 Å². The first kappa shape index (κ1) is 26.5. The summed E-state index contributed by atoms with van der Waals surface area (Å²) >= 11 is 12.3. The number of hydrogen-bond acceptors (Lipinski definition) is 5. The number of nitrogens with zero attached hydrogens (tertiary/aromatic N) is 1. The molecule has 1 saturated heterocycles. The number of benzene rings is 2. The first-order chi connectivity index (χ1) is 16.4. The van der Waals surface area contributed by atoms with E-state index in [9.17, 15) is 14.7 Å². The lowest BCUT2D eigenvalue weighted by atomic mass is 9.89. The molecule has 1 aliphatic heterocycles. The van der Waals surface area contributed by atoms with Gasteiger partial charge in [-0.2, -0.15) is 0 Å². The minimum atomic E-state index is -0.801. The summed E-state index contributed by atoms with van der Waals surface area (Å²) in [6, 6.07) is 13.1. The molecular formula is C26H31Cl2NO5. The quantitative estimate of drug-likeness (QED) is 0.429. The zero-order valence-corrected chi connectivity index (χ0v) is 21.0. The fraction of sp³-hybridized carbons (Fsp3) is 0.462. The summed E-state index contributed by atoms with van der Waals surface area (Å²) in [4.78, 5) is 28.5. The molecule has 6 nitrogen and oxygen atoms in total. The van der Waals surface area contributed by atoms with Crippen molar-refractivity contribution in [3.63, 3.8) is 0 Å². The van der Waals surface area contributed by atoms with Crippen LogP contribution in [-0.4, -0.2) is 47.2 Å². The van der Waals surface area contributed by atoms with Gasteiger partial charge in [-0.25, -0.2) is 4.79 Å². The number of aliphatic hydroxyl groups is 1. The van der Waals surface area contributed by atoms with Gasteiger partial charge in [0.1, 0.15) is 18.2 Å². The van der Waals surface area contributed by atoms with Crippen LogP contribution in [0.25, 0.3) is 0 Å². The average Bonchev–Trinajstić information content (AvgIpc) is 2.83. The third kappa shape index (κ3) is 6.11. The molecule has 1 N–H and O–H groups in total. The van der Waals surface area contributed by atoms with Gasteiger partial charge in [0.05, 0.1) is 12.6 Å². The number of ether oxygens (including phenoxy) is 2. The van der Waals surface area contributed by atoms with Crippen molar-refractivity contribution in [2.45, 2.75) is 63.8 Å². The zero-order valence-electron chi connectivity index (χ0n) is 19.5. The lowest BCUT2D eigenvalue weighted by Gasteiger charge is -2.47. The Morgan fingerprint density at radius 1 is 1.06 bits per heavy atom. The third-order valence-electron chi connectivity index (χ3n) is 5.92. The third-order valence-corrected chi connectivity index (χ3v) is 6.42. The Bertz CT molecular complexity index is 951. The van der Waals surface area contributed by atoms with Gasteiger partial charge in [0.15, 0.2) is 0 Å². The van der Waals surface area contributed by atoms with E-state index in [1.165, 1.54) is 0 Å². The van der Waals surface area contributed by atoms with Gasteiger partial charge in [0.25, 0.3) is 5.91 Å². The van der Waals surface area contributed by atoms with Crippen molar-refractivity contribution in [1.29, 1.82) is 0 Å². The Hall–Kier alpha value is -2.12. The van der Waals surface area contributed by atoms with Crippen molar-refractivity contribution in [1.82, 2.24) is 4.90 Å². The molecule has 184 valence electrons. The van der Waals surface area contributed by atoms with Crippen molar-refractivity contribution in [3.8, 4) is 0 Å². The highest BCUT2D eigenvalue weighted by Gasteiger charge is 2.48. The van der Waals surface area contributed by atoms with E-state index in [4.69, 9.17) is 32.7 Å².